The summed E-state index contributed by atoms with van der Waals surface area (Å²) in [5.41, 5.74) is 2.86. The van der Waals surface area contributed by atoms with Crippen LogP contribution in [0.1, 0.15) is 18.5 Å². The number of nitrogens with one attached hydrogen (secondary N) is 1. The van der Waals surface area contributed by atoms with Crippen LogP contribution in [0.3, 0.4) is 0 Å². The molecule has 1 unspecified atom stereocenters. The number of allylic oxidation sites excluding steroid dienone is 1. The Bertz CT molecular complexity index is 815. The van der Waals surface area contributed by atoms with Gasteiger partial charge < -0.3 is 15.1 Å². The Morgan fingerprint density at radius 2 is 1.52 bits per heavy atom. The smallest absolute Gasteiger partial charge is 0.322 e. The lowest BCUT2D eigenvalue weighted by Crippen LogP contribution is -2.47. The number of urea groups is 1. The number of anilines is 1. The lowest BCUT2D eigenvalue weighted by molar-refractivity contribution is -0.113. The second-order valence-corrected chi connectivity index (χ2v) is 6.08. The van der Waals surface area contributed by atoms with Crippen LogP contribution in [-0.2, 0) is 4.79 Å². The average molecular weight is 335 g/mol. The highest BCUT2D eigenvalue weighted by atomic mass is 16.2. The second kappa shape index (κ2) is 6.81. The molecule has 0 spiro atoms. The number of amides is 3. The third-order valence-corrected chi connectivity index (χ3v) is 4.53. The van der Waals surface area contributed by atoms with Gasteiger partial charge in [-0.05, 0) is 24.6 Å². The van der Waals surface area contributed by atoms with Crippen molar-refractivity contribution in [2.75, 3.05) is 19.4 Å². The monoisotopic (exact) mass is 335 g/mol. The molecular weight excluding hydrogens is 314 g/mol. The van der Waals surface area contributed by atoms with Crippen LogP contribution in [-0.4, -0.2) is 35.8 Å². The molecule has 5 nitrogen and oxygen atoms in total. The van der Waals surface area contributed by atoms with E-state index in [9.17, 15) is 9.59 Å². The number of hydrogen-bond acceptors (Lipinski definition) is 2. The Balaban J connectivity index is 2.05. The van der Waals surface area contributed by atoms with E-state index < -0.39 is 6.04 Å². The van der Waals surface area contributed by atoms with Gasteiger partial charge in [0.2, 0.25) is 0 Å². The van der Waals surface area contributed by atoms with Crippen molar-refractivity contribution in [3.05, 3.63) is 77.5 Å². The first kappa shape index (κ1) is 16.8. The molecule has 3 rings (SSSR count). The van der Waals surface area contributed by atoms with Crippen LogP contribution in [0.15, 0.2) is 71.9 Å². The molecule has 0 aromatic heterocycles. The van der Waals surface area contributed by atoms with Crippen molar-refractivity contribution in [1.82, 2.24) is 9.80 Å². The van der Waals surface area contributed by atoms with Crippen LogP contribution < -0.4 is 5.32 Å². The number of nitrogens with zero attached hydrogens (tertiary/aromatic N) is 2. The van der Waals surface area contributed by atoms with Crippen molar-refractivity contribution < 1.29 is 9.59 Å². The van der Waals surface area contributed by atoms with E-state index in [0.29, 0.717) is 11.3 Å². The third-order valence-electron chi connectivity index (χ3n) is 4.53. The van der Waals surface area contributed by atoms with E-state index in [-0.39, 0.29) is 11.9 Å². The maximum Gasteiger partial charge on any atom is 0.324 e. The zero-order valence-corrected chi connectivity index (χ0v) is 14.6. The van der Waals surface area contributed by atoms with Crippen LogP contribution in [0.25, 0.3) is 0 Å². The van der Waals surface area contributed by atoms with Gasteiger partial charge in [-0.3, -0.25) is 4.79 Å². The molecule has 1 atom stereocenters. The summed E-state index contributed by atoms with van der Waals surface area (Å²) >= 11 is 0. The predicted octanol–water partition coefficient (Wildman–Crippen LogP) is 3.64. The van der Waals surface area contributed by atoms with Crippen molar-refractivity contribution in [2.45, 2.75) is 13.0 Å². The highest BCUT2D eigenvalue weighted by Crippen LogP contribution is 2.35. The molecule has 5 heteroatoms. The van der Waals surface area contributed by atoms with E-state index in [1.54, 1.807) is 25.9 Å². The number of carbonyl (C=O) groups is 2. The summed E-state index contributed by atoms with van der Waals surface area (Å²) in [4.78, 5) is 28.7. The van der Waals surface area contributed by atoms with Crippen molar-refractivity contribution in [3.8, 4) is 0 Å². The lowest BCUT2D eigenvalue weighted by atomic mass is 9.93. The SMILES string of the molecule is CC1=C(C(=O)Nc2ccccc2)C(c2ccccc2)N(C)C(=O)N1C. The average Bonchev–Trinajstić information content (AvgIpc) is 2.64. The number of rotatable bonds is 3. The van der Waals surface area contributed by atoms with Crippen LogP contribution in [0.2, 0.25) is 0 Å². The summed E-state index contributed by atoms with van der Waals surface area (Å²) in [6.45, 7) is 1.81. The molecule has 0 aliphatic carbocycles. The fourth-order valence-corrected chi connectivity index (χ4v) is 3.10. The molecule has 0 saturated carbocycles. The first-order valence-electron chi connectivity index (χ1n) is 8.13. The molecule has 0 radical (unpaired) electrons. The van der Waals surface area contributed by atoms with Crippen molar-refractivity contribution in [2.24, 2.45) is 0 Å². The minimum atomic E-state index is -0.423. The van der Waals surface area contributed by atoms with Crippen LogP contribution in [0.5, 0.6) is 0 Å². The fraction of sp³-hybridized carbons (Fsp3) is 0.200. The zero-order valence-electron chi connectivity index (χ0n) is 14.6. The predicted molar refractivity (Wildman–Crippen MR) is 97.9 cm³/mol. The van der Waals surface area contributed by atoms with E-state index in [1.807, 2.05) is 60.7 Å². The Hall–Kier alpha value is -3.08. The fourth-order valence-electron chi connectivity index (χ4n) is 3.10. The van der Waals surface area contributed by atoms with E-state index >= 15 is 0 Å². The van der Waals surface area contributed by atoms with Crippen molar-refractivity contribution in [3.63, 3.8) is 0 Å². The van der Waals surface area contributed by atoms with Crippen LogP contribution >= 0.6 is 0 Å². The van der Waals surface area contributed by atoms with Gasteiger partial charge >= 0.3 is 6.03 Å². The first-order chi connectivity index (χ1) is 12.0. The molecule has 0 fully saturated rings. The van der Waals surface area contributed by atoms with E-state index in [0.717, 1.165) is 11.3 Å². The molecule has 25 heavy (non-hydrogen) atoms. The molecule has 1 aliphatic heterocycles. The van der Waals surface area contributed by atoms with Gasteiger partial charge in [0.25, 0.3) is 5.91 Å². The highest BCUT2D eigenvalue weighted by molar-refractivity contribution is 6.06. The third kappa shape index (κ3) is 3.13. The number of benzene rings is 2. The summed E-state index contributed by atoms with van der Waals surface area (Å²) in [6.07, 6.45) is 0. The summed E-state index contributed by atoms with van der Waals surface area (Å²) in [5, 5.41) is 2.94. The Morgan fingerprint density at radius 1 is 0.960 bits per heavy atom. The summed E-state index contributed by atoms with van der Waals surface area (Å²) in [6, 6.07) is 18.4. The second-order valence-electron chi connectivity index (χ2n) is 6.08. The van der Waals surface area contributed by atoms with Gasteiger partial charge in [-0.15, -0.1) is 0 Å². The number of likely N-dealkylation sites (N-methyl/N-ethyl adjacent to an activating group) is 1. The molecule has 3 amide bonds. The molecule has 2 aromatic rings. The minimum absolute atomic E-state index is 0.136. The van der Waals surface area contributed by atoms with E-state index in [2.05, 4.69) is 5.32 Å². The maximum atomic E-state index is 13.0. The minimum Gasteiger partial charge on any atom is -0.322 e. The molecule has 128 valence electrons. The Labute approximate surface area is 147 Å². The molecule has 1 heterocycles. The van der Waals surface area contributed by atoms with Crippen molar-refractivity contribution in [1.29, 1.82) is 0 Å². The number of para-hydroxylation sites is 1. The standard InChI is InChI=1S/C20H21N3O2/c1-14-17(19(24)21-16-12-8-5-9-13-16)18(15-10-6-4-7-11-15)23(3)20(25)22(14)2/h4-13,18H,1-3H3,(H,21,24). The molecule has 0 bridgehead atoms. The van der Waals surface area contributed by atoms with Crippen molar-refractivity contribution >= 4 is 17.6 Å². The quantitative estimate of drug-likeness (QED) is 0.931. The number of hydrogen-bond donors (Lipinski definition) is 1. The normalized spacial score (nSPS) is 17.7. The Kier molecular flexibility index (Phi) is 4.57. The Morgan fingerprint density at radius 3 is 2.12 bits per heavy atom. The molecule has 2 aromatic carbocycles. The molecular formula is C20H21N3O2. The van der Waals surface area contributed by atoms with Crippen LogP contribution in [0, 0.1) is 0 Å². The summed E-state index contributed by atoms with van der Waals surface area (Å²) in [7, 11) is 3.41. The molecule has 1 N–H and O–H groups in total. The van der Waals surface area contributed by atoms with Gasteiger partial charge in [0.1, 0.15) is 0 Å². The van der Waals surface area contributed by atoms with Gasteiger partial charge in [0.15, 0.2) is 0 Å². The van der Waals surface area contributed by atoms with Gasteiger partial charge in [0.05, 0.1) is 11.6 Å². The summed E-state index contributed by atoms with van der Waals surface area (Å²) < 4.78 is 0. The number of carbonyl (C=O) groups excluding carboxylic acids is 2. The topological polar surface area (TPSA) is 52.7 Å². The lowest BCUT2D eigenvalue weighted by Gasteiger charge is -2.39. The highest BCUT2D eigenvalue weighted by Gasteiger charge is 2.38. The van der Waals surface area contributed by atoms with Gasteiger partial charge in [0, 0.05) is 25.5 Å². The first-order valence-corrected chi connectivity index (χ1v) is 8.13. The molecule has 0 saturated heterocycles. The van der Waals surface area contributed by atoms with E-state index in [4.69, 9.17) is 0 Å². The van der Waals surface area contributed by atoms with Crippen LogP contribution in [0.4, 0.5) is 10.5 Å². The van der Waals surface area contributed by atoms with E-state index in [1.165, 1.54) is 4.90 Å². The largest absolute Gasteiger partial charge is 0.324 e. The molecule has 1 aliphatic rings. The van der Waals surface area contributed by atoms with Gasteiger partial charge in [-0.1, -0.05) is 48.5 Å². The van der Waals surface area contributed by atoms with Gasteiger partial charge in [-0.2, -0.15) is 0 Å². The summed E-state index contributed by atoms with van der Waals surface area (Å²) in [5.74, 6) is -0.205. The zero-order chi connectivity index (χ0) is 18.0. The maximum absolute atomic E-state index is 13.0. The van der Waals surface area contributed by atoms with Gasteiger partial charge in [-0.25, -0.2) is 4.79 Å².